The molecule has 0 saturated carbocycles. The largest absolute Gasteiger partial charge is 0.339 e. The summed E-state index contributed by atoms with van der Waals surface area (Å²) in [6, 6.07) is 6.68. The fourth-order valence-corrected chi connectivity index (χ4v) is 2.07. The predicted octanol–water partition coefficient (Wildman–Crippen LogP) is 2.68. The Bertz CT molecular complexity index is 567. The van der Waals surface area contributed by atoms with Crippen molar-refractivity contribution in [3.8, 4) is 0 Å². The summed E-state index contributed by atoms with van der Waals surface area (Å²) in [6.07, 6.45) is 1.82. The van der Waals surface area contributed by atoms with E-state index in [1.165, 1.54) is 6.07 Å². The van der Waals surface area contributed by atoms with Crippen molar-refractivity contribution in [2.75, 3.05) is 5.32 Å². The van der Waals surface area contributed by atoms with Gasteiger partial charge in [-0.25, -0.2) is 0 Å². The van der Waals surface area contributed by atoms with E-state index in [0.717, 1.165) is 5.69 Å². The maximum absolute atomic E-state index is 10.7. The molecule has 17 heavy (non-hydrogen) atoms. The first kappa shape index (κ1) is 11.8. The smallest absolute Gasteiger partial charge is 0.282 e. The molecule has 2 aromatic rings. The van der Waals surface area contributed by atoms with Crippen molar-refractivity contribution < 1.29 is 4.92 Å². The molecule has 88 valence electrons. The third-order valence-electron chi connectivity index (χ3n) is 2.13. The summed E-state index contributed by atoms with van der Waals surface area (Å²) in [6.45, 7) is 0. The minimum absolute atomic E-state index is 0.108. The molecule has 0 unspecified atom stereocenters. The summed E-state index contributed by atoms with van der Waals surface area (Å²) in [5, 5.41) is 17.9. The zero-order valence-corrected chi connectivity index (χ0v) is 11.1. The van der Waals surface area contributed by atoms with Crippen LogP contribution in [-0.4, -0.2) is 14.7 Å². The maximum atomic E-state index is 10.7. The Labute approximate surface area is 111 Å². The van der Waals surface area contributed by atoms with Crippen molar-refractivity contribution in [2.45, 2.75) is 0 Å². The second-order valence-corrected chi connectivity index (χ2v) is 4.59. The summed E-state index contributed by atoms with van der Waals surface area (Å²) in [7, 11) is 1.82. The lowest BCUT2D eigenvalue weighted by Gasteiger charge is -2.03. The maximum Gasteiger partial charge on any atom is 0.282 e. The van der Waals surface area contributed by atoms with Crippen LogP contribution in [-0.2, 0) is 7.05 Å². The van der Waals surface area contributed by atoms with E-state index >= 15 is 0 Å². The molecule has 0 aliphatic rings. The van der Waals surface area contributed by atoms with E-state index in [9.17, 15) is 10.1 Å². The minimum Gasteiger partial charge on any atom is -0.339 e. The van der Waals surface area contributed by atoms with Gasteiger partial charge in [0, 0.05) is 31.1 Å². The van der Waals surface area contributed by atoms with Crippen molar-refractivity contribution in [1.29, 1.82) is 0 Å². The number of hydrogen-bond donors (Lipinski definition) is 1. The number of nitro groups is 1. The summed E-state index contributed by atoms with van der Waals surface area (Å²) in [5.41, 5.74) is 0.885. The molecular weight excluding hydrogens is 335 g/mol. The highest BCUT2D eigenvalue weighted by Crippen LogP contribution is 2.25. The number of aryl methyl sites for hydroxylation is 1. The number of halogens is 1. The minimum atomic E-state index is -0.397. The normalized spacial score (nSPS) is 10.2. The van der Waals surface area contributed by atoms with E-state index in [-0.39, 0.29) is 5.69 Å². The number of aromatic nitrogens is 2. The van der Waals surface area contributed by atoms with E-state index in [4.69, 9.17) is 0 Å². The highest BCUT2D eigenvalue weighted by molar-refractivity contribution is 14.1. The Kier molecular flexibility index (Phi) is 3.27. The zero-order valence-electron chi connectivity index (χ0n) is 8.92. The Hall–Kier alpha value is -1.64. The molecule has 0 amide bonds. The predicted molar refractivity (Wildman–Crippen MR) is 72.3 cm³/mol. The van der Waals surface area contributed by atoms with Crippen molar-refractivity contribution in [1.82, 2.24) is 9.78 Å². The number of nitrogens with zero attached hydrogens (tertiary/aromatic N) is 3. The first-order valence-corrected chi connectivity index (χ1v) is 5.85. The average molecular weight is 344 g/mol. The van der Waals surface area contributed by atoms with Crippen molar-refractivity contribution in [3.05, 3.63) is 44.1 Å². The monoisotopic (exact) mass is 344 g/mol. The summed E-state index contributed by atoms with van der Waals surface area (Å²) in [5.74, 6) is 0.706. The van der Waals surface area contributed by atoms with Gasteiger partial charge in [0.1, 0.15) is 0 Å². The van der Waals surface area contributed by atoms with Gasteiger partial charge >= 0.3 is 0 Å². The molecule has 1 N–H and O–H groups in total. The number of nitrogens with one attached hydrogen (secondary N) is 1. The van der Waals surface area contributed by atoms with E-state index in [2.05, 4.69) is 10.4 Å². The summed E-state index contributed by atoms with van der Waals surface area (Å²) in [4.78, 5) is 10.3. The highest BCUT2D eigenvalue weighted by Gasteiger charge is 2.11. The van der Waals surface area contributed by atoms with Crippen LogP contribution < -0.4 is 5.32 Å². The van der Waals surface area contributed by atoms with E-state index in [1.54, 1.807) is 16.8 Å². The van der Waals surface area contributed by atoms with Crippen molar-refractivity contribution in [2.24, 2.45) is 7.05 Å². The van der Waals surface area contributed by atoms with Crippen LogP contribution in [0.1, 0.15) is 0 Å². The van der Waals surface area contributed by atoms with Crippen LogP contribution in [0.2, 0.25) is 0 Å². The van der Waals surface area contributed by atoms with Gasteiger partial charge in [-0.3, -0.25) is 14.8 Å². The van der Waals surface area contributed by atoms with E-state index < -0.39 is 4.92 Å². The lowest BCUT2D eigenvalue weighted by Crippen LogP contribution is -1.96. The second-order valence-electron chi connectivity index (χ2n) is 3.42. The third kappa shape index (κ3) is 2.73. The van der Waals surface area contributed by atoms with Crippen LogP contribution in [0, 0.1) is 13.7 Å². The summed E-state index contributed by atoms with van der Waals surface area (Å²) >= 11 is 1.94. The molecule has 0 bridgehead atoms. The van der Waals surface area contributed by atoms with Gasteiger partial charge < -0.3 is 5.32 Å². The fourth-order valence-electron chi connectivity index (χ4n) is 1.36. The number of benzene rings is 1. The van der Waals surface area contributed by atoms with Gasteiger partial charge in [0.05, 0.1) is 8.49 Å². The molecule has 0 spiro atoms. The van der Waals surface area contributed by atoms with Crippen LogP contribution in [0.5, 0.6) is 0 Å². The van der Waals surface area contributed by atoms with Gasteiger partial charge in [0.2, 0.25) is 0 Å². The molecule has 7 heteroatoms. The first-order valence-electron chi connectivity index (χ1n) is 4.77. The molecule has 1 aromatic carbocycles. The molecule has 2 rings (SSSR count). The zero-order chi connectivity index (χ0) is 12.4. The number of hydrogen-bond acceptors (Lipinski definition) is 4. The lowest BCUT2D eigenvalue weighted by molar-refractivity contribution is -0.385. The quantitative estimate of drug-likeness (QED) is 0.528. The molecule has 1 aromatic heterocycles. The van der Waals surface area contributed by atoms with Crippen LogP contribution in [0.3, 0.4) is 0 Å². The van der Waals surface area contributed by atoms with Gasteiger partial charge in [0.15, 0.2) is 5.82 Å². The first-order chi connectivity index (χ1) is 8.06. The van der Waals surface area contributed by atoms with Gasteiger partial charge in [-0.15, -0.1) is 0 Å². The molecule has 0 aliphatic heterocycles. The van der Waals surface area contributed by atoms with Crippen LogP contribution in [0.15, 0.2) is 30.5 Å². The standard InChI is InChI=1S/C10H9IN4O2/c1-14-5-4-10(13-14)12-7-2-3-9(15(16)17)8(11)6-7/h2-6H,1H3,(H,12,13). The average Bonchev–Trinajstić information content (AvgIpc) is 2.63. The number of anilines is 2. The molecular formula is C10H9IN4O2. The Balaban J connectivity index is 2.23. The molecule has 0 fully saturated rings. The number of nitro benzene ring substituents is 1. The molecule has 6 nitrogen and oxygen atoms in total. The summed E-state index contributed by atoms with van der Waals surface area (Å²) < 4.78 is 2.27. The topological polar surface area (TPSA) is 73.0 Å². The van der Waals surface area contributed by atoms with Crippen LogP contribution in [0.4, 0.5) is 17.2 Å². The van der Waals surface area contributed by atoms with Gasteiger partial charge in [-0.05, 0) is 34.7 Å². The SMILES string of the molecule is Cn1ccc(Nc2ccc([N+](=O)[O-])c(I)c2)n1. The Morgan fingerprint density at radius 1 is 1.47 bits per heavy atom. The lowest BCUT2D eigenvalue weighted by atomic mass is 10.3. The molecule has 0 atom stereocenters. The Morgan fingerprint density at radius 2 is 2.24 bits per heavy atom. The van der Waals surface area contributed by atoms with Gasteiger partial charge in [0.25, 0.3) is 5.69 Å². The third-order valence-corrected chi connectivity index (χ3v) is 2.99. The molecule has 0 saturated heterocycles. The second kappa shape index (κ2) is 4.70. The van der Waals surface area contributed by atoms with Gasteiger partial charge in [-0.2, -0.15) is 5.10 Å². The van der Waals surface area contributed by atoms with Crippen LogP contribution >= 0.6 is 22.6 Å². The number of rotatable bonds is 3. The van der Waals surface area contributed by atoms with Crippen LogP contribution in [0.25, 0.3) is 0 Å². The molecule has 1 heterocycles. The van der Waals surface area contributed by atoms with Crippen molar-refractivity contribution >= 4 is 39.8 Å². The van der Waals surface area contributed by atoms with E-state index in [1.807, 2.05) is 41.9 Å². The Morgan fingerprint density at radius 3 is 2.76 bits per heavy atom. The van der Waals surface area contributed by atoms with E-state index in [0.29, 0.717) is 9.39 Å². The van der Waals surface area contributed by atoms with Gasteiger partial charge in [-0.1, -0.05) is 0 Å². The van der Waals surface area contributed by atoms with Crippen molar-refractivity contribution in [3.63, 3.8) is 0 Å². The highest BCUT2D eigenvalue weighted by atomic mass is 127. The molecule has 0 aliphatic carbocycles. The molecule has 0 radical (unpaired) electrons. The fraction of sp³-hybridized carbons (Fsp3) is 0.100.